The summed E-state index contributed by atoms with van der Waals surface area (Å²) in [5.41, 5.74) is 6.36. The Hall–Kier alpha value is -2.11. The summed E-state index contributed by atoms with van der Waals surface area (Å²) in [7, 11) is 0. The Kier molecular flexibility index (Phi) is 2.49. The summed E-state index contributed by atoms with van der Waals surface area (Å²) >= 11 is 0. The fraction of sp³-hybridized carbons (Fsp3) is 0.222. The third-order valence-electron chi connectivity index (χ3n) is 1.87. The van der Waals surface area contributed by atoms with Crippen LogP contribution in [0.25, 0.3) is 5.69 Å². The van der Waals surface area contributed by atoms with E-state index < -0.39 is 0 Å². The van der Waals surface area contributed by atoms with E-state index in [4.69, 9.17) is 10.5 Å². The lowest BCUT2D eigenvalue weighted by atomic mass is 10.3. The summed E-state index contributed by atoms with van der Waals surface area (Å²) in [6, 6.07) is 7.42. The second-order valence-electron chi connectivity index (χ2n) is 2.88. The Labute approximate surface area is 86.7 Å². The van der Waals surface area contributed by atoms with E-state index in [9.17, 15) is 0 Å². The van der Waals surface area contributed by atoms with Gasteiger partial charge in [0, 0.05) is 6.07 Å². The van der Waals surface area contributed by atoms with Crippen LogP contribution in [0.1, 0.15) is 6.92 Å². The van der Waals surface area contributed by atoms with Crippen molar-refractivity contribution >= 4 is 5.95 Å². The van der Waals surface area contributed by atoms with E-state index in [0.29, 0.717) is 6.61 Å². The molecule has 0 aliphatic carbocycles. The zero-order valence-corrected chi connectivity index (χ0v) is 8.29. The van der Waals surface area contributed by atoms with Gasteiger partial charge in [-0.25, -0.2) is 0 Å². The van der Waals surface area contributed by atoms with Gasteiger partial charge in [0.25, 0.3) is 0 Å². The minimum atomic E-state index is 0.253. The number of nitrogens with zero attached hydrogens (tertiary/aromatic N) is 4. The van der Waals surface area contributed by atoms with Crippen molar-refractivity contribution in [3.05, 3.63) is 24.3 Å². The molecule has 0 fully saturated rings. The number of hydrogen-bond donors (Lipinski definition) is 1. The largest absolute Gasteiger partial charge is 0.494 e. The van der Waals surface area contributed by atoms with Crippen molar-refractivity contribution < 1.29 is 4.74 Å². The number of ether oxygens (including phenoxy) is 1. The van der Waals surface area contributed by atoms with Gasteiger partial charge in [-0.1, -0.05) is 11.2 Å². The second kappa shape index (κ2) is 3.95. The van der Waals surface area contributed by atoms with E-state index in [1.54, 1.807) is 0 Å². The first-order valence-corrected chi connectivity index (χ1v) is 4.58. The highest BCUT2D eigenvalue weighted by atomic mass is 16.5. The number of nitrogen functional groups attached to an aromatic ring is 1. The van der Waals surface area contributed by atoms with Gasteiger partial charge in [-0.2, -0.15) is 4.68 Å². The van der Waals surface area contributed by atoms with Gasteiger partial charge in [-0.05, 0) is 29.5 Å². The van der Waals surface area contributed by atoms with E-state index >= 15 is 0 Å². The summed E-state index contributed by atoms with van der Waals surface area (Å²) in [4.78, 5) is 0. The predicted molar refractivity (Wildman–Crippen MR) is 54.7 cm³/mol. The quantitative estimate of drug-likeness (QED) is 0.795. The Bertz CT molecular complexity index is 453. The number of tetrazole rings is 1. The Morgan fingerprint density at radius 2 is 2.33 bits per heavy atom. The van der Waals surface area contributed by atoms with Gasteiger partial charge in [-0.15, -0.1) is 0 Å². The van der Waals surface area contributed by atoms with Crippen molar-refractivity contribution in [2.24, 2.45) is 0 Å². The molecule has 2 rings (SSSR count). The third kappa shape index (κ3) is 1.88. The van der Waals surface area contributed by atoms with Crippen molar-refractivity contribution in [1.82, 2.24) is 20.2 Å². The fourth-order valence-electron chi connectivity index (χ4n) is 1.25. The molecule has 15 heavy (non-hydrogen) atoms. The van der Waals surface area contributed by atoms with Crippen molar-refractivity contribution in [2.45, 2.75) is 6.92 Å². The third-order valence-corrected chi connectivity index (χ3v) is 1.87. The molecule has 1 aromatic heterocycles. The lowest BCUT2D eigenvalue weighted by molar-refractivity contribution is 0.340. The molecule has 0 unspecified atom stereocenters. The molecule has 0 saturated carbocycles. The van der Waals surface area contributed by atoms with Crippen LogP contribution in [0.2, 0.25) is 0 Å². The SMILES string of the molecule is CCOc1cccc(-n2nnnc2N)c1. The molecule has 0 radical (unpaired) electrons. The highest BCUT2D eigenvalue weighted by Gasteiger charge is 2.04. The average molecular weight is 205 g/mol. The van der Waals surface area contributed by atoms with E-state index in [2.05, 4.69) is 15.5 Å². The van der Waals surface area contributed by atoms with Crippen LogP contribution in [0.15, 0.2) is 24.3 Å². The minimum Gasteiger partial charge on any atom is -0.494 e. The van der Waals surface area contributed by atoms with Crippen molar-refractivity contribution in [3.63, 3.8) is 0 Å². The molecule has 6 nitrogen and oxygen atoms in total. The number of nitrogens with two attached hydrogens (primary N) is 1. The molecule has 1 aromatic carbocycles. The number of rotatable bonds is 3. The Morgan fingerprint density at radius 1 is 1.47 bits per heavy atom. The molecule has 0 aliphatic heterocycles. The van der Waals surface area contributed by atoms with Gasteiger partial charge in [0.05, 0.1) is 12.3 Å². The molecular formula is C9H11N5O. The van der Waals surface area contributed by atoms with Crippen LogP contribution in [-0.4, -0.2) is 26.8 Å². The molecule has 0 bridgehead atoms. The topological polar surface area (TPSA) is 78.8 Å². The zero-order chi connectivity index (χ0) is 10.7. The fourth-order valence-corrected chi connectivity index (χ4v) is 1.25. The van der Waals surface area contributed by atoms with Gasteiger partial charge in [0.2, 0.25) is 5.95 Å². The molecule has 0 saturated heterocycles. The highest BCUT2D eigenvalue weighted by Crippen LogP contribution is 2.16. The highest BCUT2D eigenvalue weighted by molar-refractivity contribution is 5.41. The molecule has 0 aliphatic rings. The Morgan fingerprint density at radius 3 is 3.00 bits per heavy atom. The van der Waals surface area contributed by atoms with Crippen molar-refractivity contribution in [1.29, 1.82) is 0 Å². The monoisotopic (exact) mass is 205 g/mol. The first-order chi connectivity index (χ1) is 7.31. The van der Waals surface area contributed by atoms with Gasteiger partial charge < -0.3 is 10.5 Å². The standard InChI is InChI=1S/C9H11N5O/c1-2-15-8-5-3-4-7(6-8)14-9(10)11-12-13-14/h3-6H,2H2,1H3,(H2,10,11,13). The van der Waals surface area contributed by atoms with Crippen LogP contribution in [0.5, 0.6) is 5.75 Å². The van der Waals surface area contributed by atoms with Crippen LogP contribution >= 0.6 is 0 Å². The maximum absolute atomic E-state index is 5.58. The molecule has 0 spiro atoms. The van der Waals surface area contributed by atoms with E-state index in [-0.39, 0.29) is 5.95 Å². The second-order valence-corrected chi connectivity index (χ2v) is 2.88. The summed E-state index contributed by atoms with van der Waals surface area (Å²) in [6.45, 7) is 2.55. The molecule has 2 N–H and O–H groups in total. The lowest BCUT2D eigenvalue weighted by Crippen LogP contribution is -2.02. The average Bonchev–Trinajstić information content (AvgIpc) is 2.65. The molecular weight excluding hydrogens is 194 g/mol. The van der Waals surface area contributed by atoms with E-state index in [0.717, 1.165) is 11.4 Å². The molecule has 1 heterocycles. The predicted octanol–water partition coefficient (Wildman–Crippen LogP) is 0.643. The molecule has 6 heteroatoms. The van der Waals surface area contributed by atoms with Crippen LogP contribution in [0.4, 0.5) is 5.95 Å². The molecule has 78 valence electrons. The molecule has 0 atom stereocenters. The minimum absolute atomic E-state index is 0.253. The van der Waals surface area contributed by atoms with Crippen molar-refractivity contribution in [3.8, 4) is 11.4 Å². The first-order valence-electron chi connectivity index (χ1n) is 4.58. The number of aromatic nitrogens is 4. The molecule has 0 amide bonds. The zero-order valence-electron chi connectivity index (χ0n) is 8.29. The molecule has 2 aromatic rings. The van der Waals surface area contributed by atoms with Crippen LogP contribution < -0.4 is 10.5 Å². The summed E-state index contributed by atoms with van der Waals surface area (Å²) < 4.78 is 6.81. The van der Waals surface area contributed by atoms with Gasteiger partial charge in [0.1, 0.15) is 5.75 Å². The van der Waals surface area contributed by atoms with Gasteiger partial charge >= 0.3 is 0 Å². The van der Waals surface area contributed by atoms with E-state index in [1.807, 2.05) is 31.2 Å². The normalized spacial score (nSPS) is 10.2. The summed E-state index contributed by atoms with van der Waals surface area (Å²) in [6.07, 6.45) is 0. The van der Waals surface area contributed by atoms with E-state index in [1.165, 1.54) is 4.68 Å². The van der Waals surface area contributed by atoms with Crippen LogP contribution in [0.3, 0.4) is 0 Å². The maximum Gasteiger partial charge on any atom is 0.245 e. The van der Waals surface area contributed by atoms with Crippen molar-refractivity contribution in [2.75, 3.05) is 12.3 Å². The van der Waals surface area contributed by atoms with Crippen LogP contribution in [-0.2, 0) is 0 Å². The lowest BCUT2D eigenvalue weighted by Gasteiger charge is -2.05. The number of anilines is 1. The first kappa shape index (κ1) is 9.45. The summed E-state index contributed by atoms with van der Waals surface area (Å²) in [5, 5.41) is 10.8. The van der Waals surface area contributed by atoms with Crippen LogP contribution in [0, 0.1) is 0 Å². The summed E-state index contributed by atoms with van der Waals surface area (Å²) in [5.74, 6) is 1.02. The van der Waals surface area contributed by atoms with Gasteiger partial charge in [-0.3, -0.25) is 0 Å². The number of hydrogen-bond acceptors (Lipinski definition) is 5. The smallest absolute Gasteiger partial charge is 0.245 e. The Balaban J connectivity index is 2.37. The van der Waals surface area contributed by atoms with Gasteiger partial charge in [0.15, 0.2) is 0 Å². The number of benzene rings is 1. The maximum atomic E-state index is 5.58.